The molecule has 0 saturated carbocycles. The minimum atomic E-state index is -0.828. The third-order valence-corrected chi connectivity index (χ3v) is 4.63. The lowest BCUT2D eigenvalue weighted by atomic mass is 10.1. The summed E-state index contributed by atoms with van der Waals surface area (Å²) >= 11 is 0. The van der Waals surface area contributed by atoms with Crippen LogP contribution in [-0.4, -0.2) is 31.2 Å². The van der Waals surface area contributed by atoms with Crippen molar-refractivity contribution in [2.45, 2.75) is 39.0 Å². The van der Waals surface area contributed by atoms with E-state index in [1.54, 1.807) is 17.0 Å². The van der Waals surface area contributed by atoms with Crippen molar-refractivity contribution < 1.29 is 14.2 Å². The molecule has 4 rings (SSSR count). The molecule has 26 heavy (non-hydrogen) atoms. The van der Waals surface area contributed by atoms with Crippen LogP contribution in [0.4, 0.5) is 10.2 Å². The van der Waals surface area contributed by atoms with E-state index in [0.717, 1.165) is 24.8 Å². The third-order valence-electron chi connectivity index (χ3n) is 4.63. The Bertz CT molecular complexity index is 937. The molecule has 3 heterocycles. The van der Waals surface area contributed by atoms with E-state index < -0.39 is 6.08 Å². The summed E-state index contributed by atoms with van der Waals surface area (Å²) in [5, 5.41) is 13.2. The Morgan fingerprint density at radius 1 is 1.35 bits per heavy atom. The van der Waals surface area contributed by atoms with Gasteiger partial charge in [0.1, 0.15) is 12.0 Å². The summed E-state index contributed by atoms with van der Waals surface area (Å²) in [5.41, 5.74) is 2.36. The van der Waals surface area contributed by atoms with Crippen LogP contribution in [0.3, 0.4) is 0 Å². The van der Waals surface area contributed by atoms with Gasteiger partial charge in [-0.1, -0.05) is 18.2 Å². The molecule has 0 spiro atoms. The Morgan fingerprint density at radius 2 is 2.23 bits per heavy atom. The van der Waals surface area contributed by atoms with E-state index in [2.05, 4.69) is 20.3 Å². The topological polar surface area (TPSA) is 85.1 Å². The fraction of sp³-hybridized carbons (Fsp3) is 0.389. The van der Waals surface area contributed by atoms with Gasteiger partial charge >= 0.3 is 6.08 Å². The van der Waals surface area contributed by atoms with Crippen LogP contribution < -0.4 is 5.32 Å². The first-order valence-electron chi connectivity index (χ1n) is 8.66. The minimum absolute atomic E-state index is 0.184. The number of aromatic hydroxyl groups is 1. The molecular formula is C18H20FN5O2. The lowest BCUT2D eigenvalue weighted by Crippen LogP contribution is -2.18. The van der Waals surface area contributed by atoms with Crippen LogP contribution in [-0.2, 0) is 11.3 Å². The number of hydrogen-bond donors (Lipinski definition) is 2. The van der Waals surface area contributed by atoms with Crippen molar-refractivity contribution in [3.63, 3.8) is 0 Å². The molecule has 0 amide bonds. The highest BCUT2D eigenvalue weighted by molar-refractivity contribution is 5.82. The third kappa shape index (κ3) is 3.08. The second kappa shape index (κ2) is 6.87. The number of hydrogen-bond acceptors (Lipinski definition) is 6. The normalized spacial score (nSPS) is 17.5. The van der Waals surface area contributed by atoms with Crippen LogP contribution in [0, 0.1) is 13.0 Å². The number of aromatic nitrogens is 4. The van der Waals surface area contributed by atoms with Gasteiger partial charge in [0.05, 0.1) is 6.33 Å². The zero-order valence-corrected chi connectivity index (χ0v) is 14.4. The Hall–Kier alpha value is -2.74. The molecule has 136 valence electrons. The monoisotopic (exact) mass is 357 g/mol. The summed E-state index contributed by atoms with van der Waals surface area (Å²) in [5.74, 6) is 0.509. The maximum absolute atomic E-state index is 14.0. The first kappa shape index (κ1) is 16.7. The van der Waals surface area contributed by atoms with Crippen molar-refractivity contribution in [1.29, 1.82) is 0 Å². The largest absolute Gasteiger partial charge is 0.507 e. The van der Waals surface area contributed by atoms with E-state index in [4.69, 9.17) is 4.74 Å². The molecule has 1 saturated heterocycles. The number of phenols is 1. The maximum atomic E-state index is 14.0. The molecule has 8 heteroatoms. The predicted molar refractivity (Wildman–Crippen MR) is 94.3 cm³/mol. The second-order valence-electron chi connectivity index (χ2n) is 6.42. The summed E-state index contributed by atoms with van der Waals surface area (Å²) in [7, 11) is 0. The molecular weight excluding hydrogens is 337 g/mol. The van der Waals surface area contributed by atoms with Crippen LogP contribution in [0.25, 0.3) is 11.2 Å². The molecule has 1 aromatic carbocycles. The molecule has 0 aliphatic carbocycles. The van der Waals surface area contributed by atoms with Gasteiger partial charge in [-0.15, -0.1) is 0 Å². The fourth-order valence-corrected chi connectivity index (χ4v) is 3.21. The number of ether oxygens (including phenoxy) is 1. The van der Waals surface area contributed by atoms with Gasteiger partial charge in [-0.3, -0.25) is 4.57 Å². The molecule has 1 aliphatic heterocycles. The first-order chi connectivity index (χ1) is 12.6. The van der Waals surface area contributed by atoms with E-state index in [9.17, 15) is 9.50 Å². The number of nitrogens with one attached hydrogen (secondary N) is 1. The van der Waals surface area contributed by atoms with Crippen molar-refractivity contribution >= 4 is 17.0 Å². The van der Waals surface area contributed by atoms with E-state index in [1.807, 2.05) is 19.1 Å². The summed E-state index contributed by atoms with van der Waals surface area (Å²) in [4.78, 5) is 12.1. The molecule has 1 atom stereocenters. The van der Waals surface area contributed by atoms with Gasteiger partial charge in [-0.2, -0.15) is 14.4 Å². The number of nitrogens with zero attached hydrogens (tertiary/aromatic N) is 4. The van der Waals surface area contributed by atoms with Gasteiger partial charge in [-0.25, -0.2) is 4.98 Å². The fourth-order valence-electron chi connectivity index (χ4n) is 3.21. The van der Waals surface area contributed by atoms with Crippen molar-refractivity contribution in [1.82, 2.24) is 19.5 Å². The lowest BCUT2D eigenvalue weighted by Gasteiger charge is -2.23. The van der Waals surface area contributed by atoms with Crippen molar-refractivity contribution in [2.75, 3.05) is 11.9 Å². The number of rotatable bonds is 4. The van der Waals surface area contributed by atoms with Crippen molar-refractivity contribution in [3.8, 4) is 5.75 Å². The number of para-hydroxylation sites is 1. The zero-order chi connectivity index (χ0) is 18.1. The number of aryl methyl sites for hydroxylation is 1. The zero-order valence-electron chi connectivity index (χ0n) is 14.4. The van der Waals surface area contributed by atoms with Crippen LogP contribution in [0.15, 0.2) is 24.5 Å². The van der Waals surface area contributed by atoms with Crippen LogP contribution in [0.2, 0.25) is 0 Å². The van der Waals surface area contributed by atoms with Crippen LogP contribution in [0.5, 0.6) is 5.75 Å². The molecule has 7 nitrogen and oxygen atoms in total. The second-order valence-corrected chi connectivity index (χ2v) is 6.42. The van der Waals surface area contributed by atoms with Crippen LogP contribution >= 0.6 is 0 Å². The average Bonchev–Trinajstić information content (AvgIpc) is 3.07. The molecule has 1 unspecified atom stereocenters. The highest BCUT2D eigenvalue weighted by atomic mass is 19.1. The summed E-state index contributed by atoms with van der Waals surface area (Å²) in [6, 6.07) is 5.49. The number of fused-ring (bicyclic) bond motifs is 1. The van der Waals surface area contributed by atoms with E-state index in [-0.39, 0.29) is 12.0 Å². The summed E-state index contributed by atoms with van der Waals surface area (Å²) < 4.78 is 21.5. The van der Waals surface area contributed by atoms with E-state index in [1.165, 1.54) is 0 Å². The average molecular weight is 357 g/mol. The molecule has 3 aromatic rings. The van der Waals surface area contributed by atoms with Crippen LogP contribution in [0.1, 0.15) is 36.6 Å². The summed E-state index contributed by atoms with van der Waals surface area (Å²) in [6.45, 7) is 2.80. The highest BCUT2D eigenvalue weighted by Crippen LogP contribution is 2.28. The number of phenolic OH excluding ortho intramolecular Hbond substituents is 1. The number of imidazole rings is 1. The minimum Gasteiger partial charge on any atom is -0.507 e. The Kier molecular flexibility index (Phi) is 4.42. The number of halogens is 1. The molecule has 1 fully saturated rings. The van der Waals surface area contributed by atoms with Crippen molar-refractivity contribution in [3.05, 3.63) is 41.7 Å². The van der Waals surface area contributed by atoms with Gasteiger partial charge in [0.15, 0.2) is 17.0 Å². The Balaban J connectivity index is 1.65. The Morgan fingerprint density at radius 3 is 3.04 bits per heavy atom. The molecule has 0 radical (unpaired) electrons. The number of anilines is 1. The molecule has 2 N–H and O–H groups in total. The van der Waals surface area contributed by atoms with Gasteiger partial charge in [0.25, 0.3) is 0 Å². The van der Waals surface area contributed by atoms with E-state index in [0.29, 0.717) is 35.7 Å². The van der Waals surface area contributed by atoms with Gasteiger partial charge < -0.3 is 15.2 Å². The highest BCUT2D eigenvalue weighted by Gasteiger charge is 2.21. The maximum Gasteiger partial charge on any atom is 0.312 e. The molecule has 1 aliphatic rings. The van der Waals surface area contributed by atoms with Crippen molar-refractivity contribution in [2.24, 2.45) is 0 Å². The molecule has 0 bridgehead atoms. The smallest absolute Gasteiger partial charge is 0.312 e. The summed E-state index contributed by atoms with van der Waals surface area (Å²) in [6.07, 6.45) is 3.53. The predicted octanol–water partition coefficient (Wildman–Crippen LogP) is 3.29. The lowest BCUT2D eigenvalue weighted by molar-refractivity contribution is -0.0298. The SMILES string of the molecule is Cc1cccc(CNc2nc(F)nc3c2ncn3C2CCCCO2)c1O. The standard InChI is InChI=1S/C18H20FN5O2/c1-11-5-4-6-12(15(11)25)9-20-16-14-17(23-18(19)22-16)24(10-21-14)13-7-2-3-8-26-13/h4-6,10,13,25H,2-3,7-9H2,1H3,(H,20,22,23). The number of benzene rings is 1. The van der Waals surface area contributed by atoms with Gasteiger partial charge in [-0.05, 0) is 31.7 Å². The first-order valence-corrected chi connectivity index (χ1v) is 8.66. The van der Waals surface area contributed by atoms with Gasteiger partial charge in [0, 0.05) is 18.7 Å². The van der Waals surface area contributed by atoms with Gasteiger partial charge in [0.2, 0.25) is 0 Å². The van der Waals surface area contributed by atoms with E-state index >= 15 is 0 Å². The molecule has 2 aromatic heterocycles. The Labute approximate surface area is 149 Å². The quantitative estimate of drug-likeness (QED) is 0.697.